The molecule has 1 unspecified atom stereocenters. The zero-order valence-corrected chi connectivity index (χ0v) is 11.6. The molecule has 0 spiro atoms. The molecule has 96 valence electrons. The number of pyridine rings is 1. The Morgan fingerprint density at radius 3 is 2.78 bits per heavy atom. The third-order valence-corrected chi connectivity index (χ3v) is 3.40. The molecule has 2 aromatic rings. The summed E-state index contributed by atoms with van der Waals surface area (Å²) in [5.74, 6) is 0.809. The number of rotatable bonds is 4. The molecule has 0 fully saturated rings. The van der Waals surface area contributed by atoms with Gasteiger partial charge in [0.05, 0.1) is 0 Å². The van der Waals surface area contributed by atoms with Gasteiger partial charge < -0.3 is 5.73 Å². The van der Waals surface area contributed by atoms with Gasteiger partial charge in [-0.2, -0.15) is 0 Å². The predicted octanol–water partition coefficient (Wildman–Crippen LogP) is 1.86. The summed E-state index contributed by atoms with van der Waals surface area (Å²) in [7, 11) is 0. The van der Waals surface area contributed by atoms with Crippen molar-refractivity contribution in [3.63, 3.8) is 0 Å². The van der Waals surface area contributed by atoms with Gasteiger partial charge in [0.2, 0.25) is 5.16 Å². The molecular formula is C12H17N5S. The molecule has 6 heteroatoms. The minimum absolute atomic E-state index is 0.153. The van der Waals surface area contributed by atoms with Crippen LogP contribution in [0.3, 0.4) is 0 Å². The van der Waals surface area contributed by atoms with Crippen molar-refractivity contribution in [2.75, 3.05) is 0 Å². The third-order valence-electron chi connectivity index (χ3n) is 2.41. The molecular weight excluding hydrogens is 246 g/mol. The van der Waals surface area contributed by atoms with Crippen LogP contribution in [-0.2, 0) is 6.42 Å². The van der Waals surface area contributed by atoms with Gasteiger partial charge in [-0.05, 0) is 50.1 Å². The topological polar surface area (TPSA) is 80.5 Å². The maximum Gasteiger partial charge on any atom is 0.214 e. The molecule has 2 aromatic heterocycles. The average molecular weight is 263 g/mol. The summed E-state index contributed by atoms with van der Waals surface area (Å²) < 4.78 is 0. The first-order valence-corrected chi connectivity index (χ1v) is 6.64. The predicted molar refractivity (Wildman–Crippen MR) is 71.6 cm³/mol. The van der Waals surface area contributed by atoms with Gasteiger partial charge in [0.25, 0.3) is 0 Å². The second kappa shape index (κ2) is 5.49. The third kappa shape index (κ3) is 3.30. The average Bonchev–Trinajstić information content (AvgIpc) is 2.67. The minimum Gasteiger partial charge on any atom is -0.328 e. The Morgan fingerprint density at radius 2 is 2.22 bits per heavy atom. The van der Waals surface area contributed by atoms with E-state index in [0.717, 1.165) is 28.4 Å². The molecule has 0 amide bonds. The molecule has 0 saturated carbocycles. The Morgan fingerprint density at radius 1 is 1.44 bits per heavy atom. The first-order valence-electron chi connectivity index (χ1n) is 5.82. The van der Waals surface area contributed by atoms with Crippen LogP contribution < -0.4 is 5.73 Å². The molecule has 2 rings (SSSR count). The lowest BCUT2D eigenvalue weighted by molar-refractivity contribution is 0.733. The number of nitrogens with one attached hydrogen (secondary N) is 1. The molecule has 5 nitrogen and oxygen atoms in total. The quantitative estimate of drug-likeness (QED) is 0.880. The molecule has 18 heavy (non-hydrogen) atoms. The van der Waals surface area contributed by atoms with Crippen molar-refractivity contribution in [3.8, 4) is 0 Å². The molecule has 0 saturated heterocycles. The van der Waals surface area contributed by atoms with E-state index in [-0.39, 0.29) is 6.04 Å². The van der Waals surface area contributed by atoms with Gasteiger partial charge in [0.1, 0.15) is 10.9 Å². The van der Waals surface area contributed by atoms with Crippen LogP contribution in [0.5, 0.6) is 0 Å². The summed E-state index contributed by atoms with van der Waals surface area (Å²) in [6.45, 7) is 5.91. The van der Waals surface area contributed by atoms with Crippen LogP contribution in [0.1, 0.15) is 23.9 Å². The van der Waals surface area contributed by atoms with Crippen LogP contribution in [0, 0.1) is 13.8 Å². The number of aryl methyl sites for hydroxylation is 2. The molecule has 0 bridgehead atoms. The lowest BCUT2D eigenvalue weighted by atomic mass is 10.1. The monoisotopic (exact) mass is 263 g/mol. The maximum absolute atomic E-state index is 5.78. The standard InChI is InChI=1S/C12H17N5S/c1-7-4-10(5-8(2)13)6-14-11(7)18-12-15-9(3)16-17-12/h4,6,8H,5,13H2,1-3H3,(H,15,16,17). The van der Waals surface area contributed by atoms with Gasteiger partial charge in [0.15, 0.2) is 0 Å². The summed E-state index contributed by atoms with van der Waals surface area (Å²) >= 11 is 1.47. The minimum atomic E-state index is 0.153. The number of hydrogen-bond donors (Lipinski definition) is 2. The number of aromatic amines is 1. The Bertz CT molecular complexity index is 535. The maximum atomic E-state index is 5.78. The highest BCUT2D eigenvalue weighted by molar-refractivity contribution is 7.99. The van der Waals surface area contributed by atoms with Crippen molar-refractivity contribution in [1.82, 2.24) is 20.2 Å². The van der Waals surface area contributed by atoms with Crippen LogP contribution in [0.4, 0.5) is 0 Å². The first-order chi connectivity index (χ1) is 8.54. The molecule has 3 N–H and O–H groups in total. The fourth-order valence-electron chi connectivity index (χ4n) is 1.67. The molecule has 0 aliphatic carbocycles. The van der Waals surface area contributed by atoms with Crippen LogP contribution in [0.2, 0.25) is 0 Å². The number of aromatic nitrogens is 4. The smallest absolute Gasteiger partial charge is 0.214 e. The first kappa shape index (κ1) is 13.0. The van der Waals surface area contributed by atoms with E-state index in [0.29, 0.717) is 5.16 Å². The van der Waals surface area contributed by atoms with Gasteiger partial charge in [-0.3, -0.25) is 5.10 Å². The zero-order valence-electron chi connectivity index (χ0n) is 10.8. The van der Waals surface area contributed by atoms with Gasteiger partial charge in [-0.15, -0.1) is 5.10 Å². The summed E-state index contributed by atoms with van der Waals surface area (Å²) in [5.41, 5.74) is 8.07. The van der Waals surface area contributed by atoms with Crippen molar-refractivity contribution in [3.05, 3.63) is 29.2 Å². The zero-order chi connectivity index (χ0) is 13.1. The van der Waals surface area contributed by atoms with Crippen molar-refractivity contribution in [2.45, 2.75) is 43.4 Å². The summed E-state index contributed by atoms with van der Waals surface area (Å²) in [4.78, 5) is 8.70. The Balaban J connectivity index is 2.14. The van der Waals surface area contributed by atoms with Crippen molar-refractivity contribution in [1.29, 1.82) is 0 Å². The highest BCUT2D eigenvalue weighted by Gasteiger charge is 2.08. The molecule has 0 aromatic carbocycles. The van der Waals surface area contributed by atoms with Crippen molar-refractivity contribution >= 4 is 11.8 Å². The van der Waals surface area contributed by atoms with Crippen LogP contribution in [0.15, 0.2) is 22.4 Å². The lowest BCUT2D eigenvalue weighted by Gasteiger charge is -2.07. The van der Waals surface area contributed by atoms with E-state index in [1.165, 1.54) is 11.8 Å². The summed E-state index contributed by atoms with van der Waals surface area (Å²) in [6.07, 6.45) is 2.72. The van der Waals surface area contributed by atoms with E-state index < -0.39 is 0 Å². The lowest BCUT2D eigenvalue weighted by Crippen LogP contribution is -2.17. The molecule has 0 radical (unpaired) electrons. The van der Waals surface area contributed by atoms with Crippen LogP contribution >= 0.6 is 11.8 Å². The van der Waals surface area contributed by atoms with Gasteiger partial charge in [-0.1, -0.05) is 6.07 Å². The highest BCUT2D eigenvalue weighted by Crippen LogP contribution is 2.26. The fourth-order valence-corrected chi connectivity index (χ4v) is 2.44. The summed E-state index contributed by atoms with van der Waals surface area (Å²) in [5, 5.41) is 8.54. The van der Waals surface area contributed by atoms with E-state index in [4.69, 9.17) is 5.73 Å². The fraction of sp³-hybridized carbons (Fsp3) is 0.417. The van der Waals surface area contributed by atoms with Gasteiger partial charge in [0, 0.05) is 12.2 Å². The molecule has 0 aliphatic heterocycles. The molecule has 0 aliphatic rings. The van der Waals surface area contributed by atoms with E-state index in [1.54, 1.807) is 0 Å². The van der Waals surface area contributed by atoms with Gasteiger partial charge >= 0.3 is 0 Å². The van der Waals surface area contributed by atoms with E-state index in [2.05, 4.69) is 26.2 Å². The Kier molecular flexibility index (Phi) is 3.98. The molecule has 2 heterocycles. The van der Waals surface area contributed by atoms with Crippen molar-refractivity contribution < 1.29 is 0 Å². The van der Waals surface area contributed by atoms with Crippen molar-refractivity contribution in [2.24, 2.45) is 5.73 Å². The second-order valence-electron chi connectivity index (χ2n) is 4.45. The SMILES string of the molecule is Cc1nc(Sc2ncc(CC(C)N)cc2C)n[nH]1. The van der Waals surface area contributed by atoms with Crippen LogP contribution in [0.25, 0.3) is 0 Å². The molecule has 1 atom stereocenters. The van der Waals surface area contributed by atoms with E-state index >= 15 is 0 Å². The normalized spacial score (nSPS) is 12.7. The van der Waals surface area contributed by atoms with E-state index in [9.17, 15) is 0 Å². The number of nitrogens with zero attached hydrogens (tertiary/aromatic N) is 3. The highest BCUT2D eigenvalue weighted by atomic mass is 32.2. The largest absolute Gasteiger partial charge is 0.328 e. The Labute approximate surface area is 111 Å². The number of hydrogen-bond acceptors (Lipinski definition) is 5. The number of nitrogens with two attached hydrogens (primary N) is 1. The van der Waals surface area contributed by atoms with Gasteiger partial charge in [-0.25, -0.2) is 9.97 Å². The van der Waals surface area contributed by atoms with E-state index in [1.807, 2.05) is 27.0 Å². The van der Waals surface area contributed by atoms with Crippen LogP contribution in [-0.4, -0.2) is 26.2 Å². The second-order valence-corrected chi connectivity index (χ2v) is 5.41. The number of H-pyrrole nitrogens is 1. The summed E-state index contributed by atoms with van der Waals surface area (Å²) in [6, 6.07) is 2.28. The Hall–Kier alpha value is -1.40.